The van der Waals surface area contributed by atoms with E-state index in [1.807, 2.05) is 25.1 Å². The van der Waals surface area contributed by atoms with Crippen LogP contribution in [-0.4, -0.2) is 38.1 Å². The van der Waals surface area contributed by atoms with Gasteiger partial charge in [0.05, 0.1) is 17.4 Å². The Hall–Kier alpha value is -2.54. The minimum atomic E-state index is -0.0761. The van der Waals surface area contributed by atoms with Gasteiger partial charge in [-0.25, -0.2) is 4.98 Å². The summed E-state index contributed by atoms with van der Waals surface area (Å²) in [5, 5.41) is 4.66. The molecular formula is C17H19N5O2. The van der Waals surface area contributed by atoms with Gasteiger partial charge in [-0.1, -0.05) is 17.3 Å². The maximum atomic E-state index is 12.1. The van der Waals surface area contributed by atoms with Crippen molar-refractivity contribution < 1.29 is 4.52 Å². The SMILES string of the molecule is Cc1nc(C2CCN(Cc3nc4ccccc4c(=O)[nH]3)CC2)no1. The molecule has 1 saturated heterocycles. The van der Waals surface area contributed by atoms with E-state index in [9.17, 15) is 4.79 Å². The summed E-state index contributed by atoms with van der Waals surface area (Å²) < 4.78 is 5.07. The quantitative estimate of drug-likeness (QED) is 0.792. The van der Waals surface area contributed by atoms with Gasteiger partial charge in [-0.2, -0.15) is 4.98 Å². The third-order valence-corrected chi connectivity index (χ3v) is 4.53. The van der Waals surface area contributed by atoms with Gasteiger partial charge in [-0.3, -0.25) is 9.69 Å². The summed E-state index contributed by atoms with van der Waals surface area (Å²) in [5.41, 5.74) is 0.668. The lowest BCUT2D eigenvalue weighted by atomic mass is 9.96. The number of para-hydroxylation sites is 1. The van der Waals surface area contributed by atoms with E-state index in [0.717, 1.165) is 37.3 Å². The Morgan fingerprint density at radius 1 is 1.25 bits per heavy atom. The van der Waals surface area contributed by atoms with E-state index in [1.54, 1.807) is 6.07 Å². The number of hydrogen-bond donors (Lipinski definition) is 1. The number of nitrogens with zero attached hydrogens (tertiary/aromatic N) is 4. The zero-order chi connectivity index (χ0) is 16.5. The number of rotatable bonds is 3. The van der Waals surface area contributed by atoms with Gasteiger partial charge in [0.15, 0.2) is 5.82 Å². The molecule has 7 nitrogen and oxygen atoms in total. The van der Waals surface area contributed by atoms with Gasteiger partial charge in [0.2, 0.25) is 5.89 Å². The molecule has 0 radical (unpaired) electrons. The highest BCUT2D eigenvalue weighted by atomic mass is 16.5. The molecule has 1 N–H and O–H groups in total. The lowest BCUT2D eigenvalue weighted by Crippen LogP contribution is -2.34. The molecule has 1 aliphatic rings. The van der Waals surface area contributed by atoms with Crippen molar-refractivity contribution in [1.29, 1.82) is 0 Å². The number of aromatic amines is 1. The smallest absolute Gasteiger partial charge is 0.258 e. The first kappa shape index (κ1) is 15.0. The monoisotopic (exact) mass is 325 g/mol. The van der Waals surface area contributed by atoms with Crippen molar-refractivity contribution in [3.05, 3.63) is 52.2 Å². The van der Waals surface area contributed by atoms with E-state index in [2.05, 4.69) is 25.0 Å². The van der Waals surface area contributed by atoms with Crippen LogP contribution in [0.4, 0.5) is 0 Å². The van der Waals surface area contributed by atoms with E-state index >= 15 is 0 Å². The predicted octanol–water partition coefficient (Wildman–Crippen LogP) is 1.99. The van der Waals surface area contributed by atoms with Crippen molar-refractivity contribution in [2.24, 2.45) is 0 Å². The van der Waals surface area contributed by atoms with Crippen molar-refractivity contribution in [2.45, 2.75) is 32.2 Å². The van der Waals surface area contributed by atoms with Gasteiger partial charge in [0.25, 0.3) is 5.56 Å². The summed E-state index contributed by atoms with van der Waals surface area (Å²) in [4.78, 5) is 26.2. The summed E-state index contributed by atoms with van der Waals surface area (Å²) in [6.45, 7) is 4.31. The Kier molecular flexibility index (Phi) is 3.86. The van der Waals surface area contributed by atoms with Gasteiger partial charge in [-0.15, -0.1) is 0 Å². The molecular weight excluding hydrogens is 306 g/mol. The second-order valence-corrected chi connectivity index (χ2v) is 6.25. The van der Waals surface area contributed by atoms with Gasteiger partial charge in [0.1, 0.15) is 5.82 Å². The summed E-state index contributed by atoms with van der Waals surface area (Å²) in [6, 6.07) is 7.42. The molecule has 0 amide bonds. The van der Waals surface area contributed by atoms with Crippen LogP contribution in [0.25, 0.3) is 10.9 Å². The largest absolute Gasteiger partial charge is 0.340 e. The molecule has 24 heavy (non-hydrogen) atoms. The van der Waals surface area contributed by atoms with Crippen LogP contribution in [0.3, 0.4) is 0 Å². The van der Waals surface area contributed by atoms with Crippen LogP contribution in [-0.2, 0) is 6.54 Å². The molecule has 0 unspecified atom stereocenters. The highest BCUT2D eigenvalue weighted by Crippen LogP contribution is 2.26. The van der Waals surface area contributed by atoms with Gasteiger partial charge >= 0.3 is 0 Å². The number of likely N-dealkylation sites (tertiary alicyclic amines) is 1. The van der Waals surface area contributed by atoms with Crippen molar-refractivity contribution in [3.8, 4) is 0 Å². The van der Waals surface area contributed by atoms with Crippen LogP contribution in [0, 0.1) is 6.92 Å². The fourth-order valence-electron chi connectivity index (χ4n) is 3.25. The van der Waals surface area contributed by atoms with E-state index < -0.39 is 0 Å². The zero-order valence-electron chi connectivity index (χ0n) is 13.5. The summed E-state index contributed by atoms with van der Waals surface area (Å²) >= 11 is 0. The first-order valence-corrected chi connectivity index (χ1v) is 8.19. The standard InChI is InChI=1S/C17H19N5O2/c1-11-18-16(21-24-11)12-6-8-22(9-7-12)10-15-19-14-5-3-2-4-13(14)17(23)20-15/h2-5,12H,6-10H2,1H3,(H,19,20,23). The average Bonchev–Trinajstić information content (AvgIpc) is 3.02. The first-order valence-electron chi connectivity index (χ1n) is 8.19. The molecule has 0 atom stereocenters. The minimum absolute atomic E-state index is 0.0761. The Bertz CT molecular complexity index is 908. The number of aromatic nitrogens is 4. The summed E-state index contributed by atoms with van der Waals surface area (Å²) in [7, 11) is 0. The second-order valence-electron chi connectivity index (χ2n) is 6.25. The molecule has 0 bridgehead atoms. The topological polar surface area (TPSA) is 87.9 Å². The summed E-state index contributed by atoms with van der Waals surface area (Å²) in [6.07, 6.45) is 1.97. The number of hydrogen-bond acceptors (Lipinski definition) is 6. The fourth-order valence-corrected chi connectivity index (χ4v) is 3.25. The minimum Gasteiger partial charge on any atom is -0.340 e. The van der Waals surface area contributed by atoms with Gasteiger partial charge in [0, 0.05) is 12.8 Å². The van der Waals surface area contributed by atoms with E-state index in [1.165, 1.54) is 0 Å². The molecule has 1 fully saturated rings. The van der Waals surface area contributed by atoms with Crippen LogP contribution in [0.2, 0.25) is 0 Å². The normalized spacial score (nSPS) is 16.7. The molecule has 7 heteroatoms. The zero-order valence-corrected chi connectivity index (χ0v) is 13.5. The highest BCUT2D eigenvalue weighted by Gasteiger charge is 2.24. The lowest BCUT2D eigenvalue weighted by Gasteiger charge is -2.30. The van der Waals surface area contributed by atoms with Crippen LogP contribution < -0.4 is 5.56 Å². The maximum Gasteiger partial charge on any atom is 0.258 e. The molecule has 0 spiro atoms. The highest BCUT2D eigenvalue weighted by molar-refractivity contribution is 5.77. The number of piperidine rings is 1. The Morgan fingerprint density at radius 2 is 2.04 bits per heavy atom. The number of benzene rings is 1. The van der Waals surface area contributed by atoms with Crippen LogP contribution >= 0.6 is 0 Å². The van der Waals surface area contributed by atoms with Crippen molar-refractivity contribution in [1.82, 2.24) is 25.0 Å². The average molecular weight is 325 g/mol. The molecule has 4 rings (SSSR count). The molecule has 0 saturated carbocycles. The number of nitrogens with one attached hydrogen (secondary N) is 1. The van der Waals surface area contributed by atoms with E-state index in [4.69, 9.17) is 4.52 Å². The predicted molar refractivity (Wildman–Crippen MR) is 88.7 cm³/mol. The third-order valence-electron chi connectivity index (χ3n) is 4.53. The molecule has 2 aromatic heterocycles. The number of aryl methyl sites for hydroxylation is 1. The van der Waals surface area contributed by atoms with Crippen LogP contribution in [0.1, 0.15) is 36.3 Å². The Balaban J connectivity index is 1.44. The lowest BCUT2D eigenvalue weighted by molar-refractivity contribution is 0.196. The van der Waals surface area contributed by atoms with Crippen molar-refractivity contribution >= 4 is 10.9 Å². The molecule has 3 heterocycles. The van der Waals surface area contributed by atoms with Gasteiger partial charge < -0.3 is 9.51 Å². The first-order chi connectivity index (χ1) is 11.7. The Morgan fingerprint density at radius 3 is 2.79 bits per heavy atom. The summed E-state index contributed by atoms with van der Waals surface area (Å²) in [5.74, 6) is 2.49. The molecule has 0 aliphatic carbocycles. The molecule has 124 valence electrons. The maximum absolute atomic E-state index is 12.1. The Labute approximate surface area is 138 Å². The molecule has 1 aliphatic heterocycles. The van der Waals surface area contributed by atoms with Crippen molar-refractivity contribution in [3.63, 3.8) is 0 Å². The van der Waals surface area contributed by atoms with Gasteiger partial charge in [-0.05, 0) is 38.1 Å². The molecule has 3 aromatic rings. The van der Waals surface area contributed by atoms with Crippen LogP contribution in [0.15, 0.2) is 33.6 Å². The van der Waals surface area contributed by atoms with E-state index in [-0.39, 0.29) is 5.56 Å². The number of fused-ring (bicyclic) bond motifs is 1. The number of H-pyrrole nitrogens is 1. The van der Waals surface area contributed by atoms with E-state index in [0.29, 0.717) is 29.6 Å². The molecule has 1 aromatic carbocycles. The van der Waals surface area contributed by atoms with Crippen LogP contribution in [0.5, 0.6) is 0 Å². The second kappa shape index (κ2) is 6.16. The third kappa shape index (κ3) is 2.94. The fraction of sp³-hybridized carbons (Fsp3) is 0.412. The van der Waals surface area contributed by atoms with Crippen molar-refractivity contribution in [2.75, 3.05) is 13.1 Å².